The first kappa shape index (κ1) is 12.3. The molecule has 0 atom stereocenters. The highest BCUT2D eigenvalue weighted by molar-refractivity contribution is 5.82. The van der Waals surface area contributed by atoms with Crippen LogP contribution in [0.2, 0.25) is 0 Å². The van der Waals surface area contributed by atoms with Crippen molar-refractivity contribution >= 4 is 5.57 Å². The van der Waals surface area contributed by atoms with Crippen LogP contribution < -0.4 is 0 Å². The third kappa shape index (κ3) is 2.16. The Hall–Kier alpha value is -1.69. The minimum Gasteiger partial charge on any atom is -0.169 e. The highest BCUT2D eigenvalue weighted by atomic mass is 19.4. The van der Waals surface area contributed by atoms with Crippen molar-refractivity contribution in [2.45, 2.75) is 31.9 Å². The number of halogens is 3. The van der Waals surface area contributed by atoms with Crippen molar-refractivity contribution in [2.75, 3.05) is 0 Å². The zero-order chi connectivity index (χ0) is 13.5. The summed E-state index contributed by atoms with van der Waals surface area (Å²) < 4.78 is 38.5. The zero-order valence-electron chi connectivity index (χ0n) is 10.3. The van der Waals surface area contributed by atoms with E-state index in [9.17, 15) is 13.2 Å². The highest BCUT2D eigenvalue weighted by Gasteiger charge is 2.62. The Balaban J connectivity index is 1.92. The second-order valence-corrected chi connectivity index (χ2v) is 5.14. The molecule has 0 nitrogen and oxygen atoms in total. The van der Waals surface area contributed by atoms with E-state index in [1.54, 1.807) is 0 Å². The van der Waals surface area contributed by atoms with Gasteiger partial charge < -0.3 is 0 Å². The first-order chi connectivity index (χ1) is 9.02. The number of benzene rings is 1. The minimum atomic E-state index is -4.20. The molecule has 0 heterocycles. The highest BCUT2D eigenvalue weighted by Crippen LogP contribution is 2.57. The topological polar surface area (TPSA) is 0 Å². The first-order valence-electron chi connectivity index (χ1n) is 6.40. The third-order valence-corrected chi connectivity index (χ3v) is 3.80. The summed E-state index contributed by atoms with van der Waals surface area (Å²) in [5.41, 5.74) is 1.17. The molecule has 0 spiro atoms. The fourth-order valence-corrected chi connectivity index (χ4v) is 2.39. The second-order valence-electron chi connectivity index (χ2n) is 5.14. The number of rotatable bonds is 0. The normalized spacial score (nSPS) is 19.8. The third-order valence-electron chi connectivity index (χ3n) is 3.80. The van der Waals surface area contributed by atoms with Crippen LogP contribution in [0, 0.1) is 17.3 Å². The van der Waals surface area contributed by atoms with E-state index in [2.05, 4.69) is 11.8 Å². The van der Waals surface area contributed by atoms with Gasteiger partial charge in [0, 0.05) is 5.57 Å². The predicted molar refractivity (Wildman–Crippen MR) is 68.2 cm³/mol. The van der Waals surface area contributed by atoms with E-state index < -0.39 is 11.6 Å². The van der Waals surface area contributed by atoms with Gasteiger partial charge in [0.1, 0.15) is 5.41 Å². The zero-order valence-corrected chi connectivity index (χ0v) is 10.3. The fourth-order valence-electron chi connectivity index (χ4n) is 2.39. The SMILES string of the molecule is FC(F)(F)C1(C#CC2=CCCc3ccccc32)CC1. The summed E-state index contributed by atoms with van der Waals surface area (Å²) in [4.78, 5) is 0. The maximum atomic E-state index is 12.8. The van der Waals surface area contributed by atoms with Crippen LogP contribution in [0.25, 0.3) is 5.57 Å². The molecule has 0 unspecified atom stereocenters. The number of allylic oxidation sites excluding steroid dienone is 2. The van der Waals surface area contributed by atoms with Crippen molar-refractivity contribution in [2.24, 2.45) is 5.41 Å². The molecule has 2 aliphatic rings. The van der Waals surface area contributed by atoms with E-state index in [0.29, 0.717) is 0 Å². The van der Waals surface area contributed by atoms with Gasteiger partial charge >= 0.3 is 6.18 Å². The molecule has 19 heavy (non-hydrogen) atoms. The molecule has 1 saturated carbocycles. The molecule has 0 N–H and O–H groups in total. The van der Waals surface area contributed by atoms with Crippen LogP contribution in [-0.4, -0.2) is 6.18 Å². The van der Waals surface area contributed by atoms with Gasteiger partial charge in [0.25, 0.3) is 0 Å². The van der Waals surface area contributed by atoms with E-state index in [1.165, 1.54) is 5.56 Å². The number of hydrogen-bond acceptors (Lipinski definition) is 0. The molecule has 0 saturated heterocycles. The Morgan fingerprint density at radius 2 is 1.84 bits per heavy atom. The van der Waals surface area contributed by atoms with Crippen molar-refractivity contribution in [3.8, 4) is 11.8 Å². The molecule has 1 fully saturated rings. The first-order valence-corrected chi connectivity index (χ1v) is 6.40. The molecule has 0 amide bonds. The van der Waals surface area contributed by atoms with Gasteiger partial charge in [0.05, 0.1) is 0 Å². The second kappa shape index (κ2) is 4.16. The van der Waals surface area contributed by atoms with Gasteiger partial charge in [-0.05, 0) is 36.8 Å². The molecule has 98 valence electrons. The van der Waals surface area contributed by atoms with E-state index in [1.807, 2.05) is 30.3 Å². The maximum Gasteiger partial charge on any atom is 0.405 e. The molecule has 0 aliphatic heterocycles. The number of fused-ring (bicyclic) bond motifs is 1. The Labute approximate surface area is 110 Å². The number of aryl methyl sites for hydroxylation is 1. The standard InChI is InChI=1S/C16H13F3/c17-16(18,19)15(10-11-15)9-8-13-6-3-5-12-4-1-2-7-14(12)13/h1-2,4,6-7H,3,5,10-11H2. The lowest BCUT2D eigenvalue weighted by Crippen LogP contribution is -2.22. The quantitative estimate of drug-likeness (QED) is 0.609. The van der Waals surface area contributed by atoms with Crippen LogP contribution in [0.15, 0.2) is 30.3 Å². The van der Waals surface area contributed by atoms with E-state index in [-0.39, 0.29) is 12.8 Å². The monoisotopic (exact) mass is 262 g/mol. The predicted octanol–water partition coefficient (Wildman–Crippen LogP) is 4.36. The molecule has 0 bridgehead atoms. The largest absolute Gasteiger partial charge is 0.405 e. The van der Waals surface area contributed by atoms with Gasteiger partial charge in [-0.2, -0.15) is 13.2 Å². The summed E-state index contributed by atoms with van der Waals surface area (Å²) in [5, 5.41) is 0. The van der Waals surface area contributed by atoms with Crippen molar-refractivity contribution in [1.29, 1.82) is 0 Å². The van der Waals surface area contributed by atoms with Crippen LogP contribution in [0.4, 0.5) is 13.2 Å². The van der Waals surface area contributed by atoms with Gasteiger partial charge in [0.15, 0.2) is 0 Å². The van der Waals surface area contributed by atoms with Crippen LogP contribution in [0.3, 0.4) is 0 Å². The summed E-state index contributed by atoms with van der Waals surface area (Å²) in [6.45, 7) is 0. The average Bonchev–Trinajstić information content (AvgIpc) is 3.17. The van der Waals surface area contributed by atoms with E-state index in [0.717, 1.165) is 24.0 Å². The Kier molecular flexibility index (Phi) is 2.70. The van der Waals surface area contributed by atoms with Crippen LogP contribution in [-0.2, 0) is 6.42 Å². The minimum absolute atomic E-state index is 0.137. The van der Waals surface area contributed by atoms with Gasteiger partial charge in [-0.1, -0.05) is 42.2 Å². The van der Waals surface area contributed by atoms with Crippen molar-refractivity contribution in [1.82, 2.24) is 0 Å². The maximum absolute atomic E-state index is 12.8. The molecule has 1 aromatic rings. The van der Waals surface area contributed by atoms with Gasteiger partial charge in [-0.15, -0.1) is 0 Å². The fraction of sp³-hybridized carbons (Fsp3) is 0.375. The lowest BCUT2D eigenvalue weighted by molar-refractivity contribution is -0.168. The molecule has 3 heteroatoms. The van der Waals surface area contributed by atoms with Gasteiger partial charge in [-0.25, -0.2) is 0 Å². The van der Waals surface area contributed by atoms with Crippen LogP contribution in [0.1, 0.15) is 30.4 Å². The average molecular weight is 262 g/mol. The molecule has 0 radical (unpaired) electrons. The Morgan fingerprint density at radius 1 is 1.11 bits per heavy atom. The Bertz CT molecular complexity index is 592. The summed E-state index contributed by atoms with van der Waals surface area (Å²) in [6, 6.07) is 7.80. The van der Waals surface area contributed by atoms with E-state index >= 15 is 0 Å². The molecule has 2 aliphatic carbocycles. The lowest BCUT2D eigenvalue weighted by atomic mass is 9.90. The van der Waals surface area contributed by atoms with Crippen molar-refractivity contribution in [3.63, 3.8) is 0 Å². The summed E-state index contributed by atoms with van der Waals surface area (Å²) in [7, 11) is 0. The van der Waals surface area contributed by atoms with Crippen LogP contribution >= 0.6 is 0 Å². The van der Waals surface area contributed by atoms with Crippen LogP contribution in [0.5, 0.6) is 0 Å². The van der Waals surface area contributed by atoms with Gasteiger partial charge in [0.2, 0.25) is 0 Å². The lowest BCUT2D eigenvalue weighted by Gasteiger charge is -2.15. The summed E-state index contributed by atoms with van der Waals surface area (Å²) in [6.07, 6.45) is -0.195. The Morgan fingerprint density at radius 3 is 2.53 bits per heavy atom. The molecular formula is C16H13F3. The number of alkyl halides is 3. The van der Waals surface area contributed by atoms with Gasteiger partial charge in [-0.3, -0.25) is 0 Å². The number of hydrogen-bond donors (Lipinski definition) is 0. The smallest absolute Gasteiger partial charge is 0.169 e. The molecule has 3 rings (SSSR count). The van der Waals surface area contributed by atoms with E-state index in [4.69, 9.17) is 0 Å². The molecular weight excluding hydrogens is 249 g/mol. The van der Waals surface area contributed by atoms with Crippen molar-refractivity contribution in [3.05, 3.63) is 41.5 Å². The van der Waals surface area contributed by atoms with Crippen molar-refractivity contribution < 1.29 is 13.2 Å². The summed E-state index contributed by atoms with van der Waals surface area (Å²) in [5.74, 6) is 5.26. The molecule has 0 aromatic heterocycles. The summed E-state index contributed by atoms with van der Waals surface area (Å²) >= 11 is 0. The molecule has 1 aromatic carbocycles.